The fraction of sp³-hybridized carbons (Fsp3) is 0.875. The lowest BCUT2D eigenvalue weighted by atomic mass is 9.97. The van der Waals surface area contributed by atoms with E-state index in [1.807, 2.05) is 0 Å². The van der Waals surface area contributed by atoms with E-state index in [1.165, 1.54) is 0 Å². The van der Waals surface area contributed by atoms with Gasteiger partial charge in [0.15, 0.2) is 9.84 Å². The van der Waals surface area contributed by atoms with Gasteiger partial charge in [-0.15, -0.1) is 0 Å². The van der Waals surface area contributed by atoms with Gasteiger partial charge in [-0.3, -0.25) is 4.79 Å². The fourth-order valence-corrected chi connectivity index (χ4v) is 4.56. The summed E-state index contributed by atoms with van der Waals surface area (Å²) in [6, 6.07) is 0. The van der Waals surface area contributed by atoms with Crippen molar-refractivity contribution in [3.8, 4) is 0 Å². The minimum atomic E-state index is -3.00. The molecule has 1 heterocycles. The van der Waals surface area contributed by atoms with E-state index in [0.717, 1.165) is 0 Å². The Labute approximate surface area is 76.9 Å². The van der Waals surface area contributed by atoms with Gasteiger partial charge in [-0.1, -0.05) is 0 Å². The molecule has 74 valence electrons. The van der Waals surface area contributed by atoms with Gasteiger partial charge in [-0.05, 0) is 19.8 Å². The quantitative estimate of drug-likeness (QED) is 0.666. The van der Waals surface area contributed by atoms with Crippen molar-refractivity contribution in [3.05, 3.63) is 0 Å². The molecule has 3 atom stereocenters. The lowest BCUT2D eigenvalue weighted by Gasteiger charge is -2.11. The first-order chi connectivity index (χ1) is 5.90. The van der Waals surface area contributed by atoms with Crippen LogP contribution in [0.2, 0.25) is 0 Å². The Morgan fingerprint density at radius 3 is 2.46 bits per heavy atom. The third kappa shape index (κ3) is 1.03. The number of carboxylic acid groups (broad SMARTS) is 1. The van der Waals surface area contributed by atoms with Gasteiger partial charge in [-0.25, -0.2) is 8.42 Å². The van der Waals surface area contributed by atoms with E-state index in [2.05, 4.69) is 0 Å². The Balaban J connectivity index is 2.27. The number of hydrogen-bond acceptors (Lipinski definition) is 3. The summed E-state index contributed by atoms with van der Waals surface area (Å²) in [5.74, 6) is -1.10. The molecule has 1 saturated carbocycles. The summed E-state index contributed by atoms with van der Waals surface area (Å²) in [6.07, 6.45) is 1.08. The largest absolute Gasteiger partial charge is 0.481 e. The highest BCUT2D eigenvalue weighted by atomic mass is 32.2. The fourth-order valence-electron chi connectivity index (χ4n) is 2.45. The topological polar surface area (TPSA) is 71.4 Å². The van der Waals surface area contributed by atoms with Crippen LogP contribution in [-0.2, 0) is 14.6 Å². The normalized spacial score (nSPS) is 46.5. The van der Waals surface area contributed by atoms with Gasteiger partial charge < -0.3 is 5.11 Å². The average molecular weight is 204 g/mol. The smallest absolute Gasteiger partial charge is 0.307 e. The predicted octanol–water partition coefficient (Wildman–Crippen LogP) is 0.284. The van der Waals surface area contributed by atoms with Crippen molar-refractivity contribution < 1.29 is 18.3 Å². The van der Waals surface area contributed by atoms with Crippen molar-refractivity contribution in [1.82, 2.24) is 0 Å². The molecule has 1 N–H and O–H groups in total. The van der Waals surface area contributed by atoms with Crippen LogP contribution < -0.4 is 0 Å². The third-order valence-electron chi connectivity index (χ3n) is 3.62. The monoisotopic (exact) mass is 204 g/mol. The van der Waals surface area contributed by atoms with Crippen LogP contribution in [0.5, 0.6) is 0 Å². The van der Waals surface area contributed by atoms with Gasteiger partial charge in [0.25, 0.3) is 0 Å². The van der Waals surface area contributed by atoms with Crippen LogP contribution in [0.3, 0.4) is 0 Å². The molecular formula is C8H12O4S. The van der Waals surface area contributed by atoms with Crippen molar-refractivity contribution in [1.29, 1.82) is 0 Å². The first-order valence-electron chi connectivity index (χ1n) is 4.34. The maximum absolute atomic E-state index is 11.4. The zero-order valence-corrected chi connectivity index (χ0v) is 8.17. The first-order valence-corrected chi connectivity index (χ1v) is 6.06. The second kappa shape index (κ2) is 2.26. The standard InChI is InChI=1S/C8H12O4S/c1-5-8(2-3-13(5,11)12)4-6(8)7(9)10/h5-6H,2-4H2,1H3,(H,9,10). The van der Waals surface area contributed by atoms with E-state index in [1.54, 1.807) is 6.92 Å². The molecule has 2 rings (SSSR count). The van der Waals surface area contributed by atoms with Gasteiger partial charge in [0.05, 0.1) is 16.9 Å². The lowest BCUT2D eigenvalue weighted by Crippen LogP contribution is -2.22. The van der Waals surface area contributed by atoms with Crippen LogP contribution in [0.4, 0.5) is 0 Å². The summed E-state index contributed by atoms with van der Waals surface area (Å²) in [5.41, 5.74) is -0.412. The molecule has 0 aromatic rings. The lowest BCUT2D eigenvalue weighted by molar-refractivity contribution is -0.139. The molecule has 0 aromatic carbocycles. The molecule has 0 aromatic heterocycles. The first kappa shape index (κ1) is 8.99. The molecule has 5 heteroatoms. The molecule has 1 aliphatic carbocycles. The van der Waals surface area contributed by atoms with E-state index in [0.29, 0.717) is 12.8 Å². The summed E-state index contributed by atoms with van der Waals surface area (Å²) >= 11 is 0. The molecule has 0 amide bonds. The van der Waals surface area contributed by atoms with E-state index in [4.69, 9.17) is 5.11 Å². The second-order valence-electron chi connectivity index (χ2n) is 4.09. The number of rotatable bonds is 1. The van der Waals surface area contributed by atoms with Gasteiger partial charge in [0.1, 0.15) is 0 Å². The average Bonchev–Trinajstić information content (AvgIpc) is 2.71. The summed E-state index contributed by atoms with van der Waals surface area (Å²) in [5, 5.41) is 8.31. The molecule has 13 heavy (non-hydrogen) atoms. The number of sulfone groups is 1. The number of carbonyl (C=O) groups is 1. The Kier molecular flexibility index (Phi) is 1.56. The number of hydrogen-bond donors (Lipinski definition) is 1. The van der Waals surface area contributed by atoms with Crippen molar-refractivity contribution >= 4 is 15.8 Å². The number of aliphatic carboxylic acids is 1. The molecule has 1 aliphatic heterocycles. The van der Waals surface area contributed by atoms with Gasteiger partial charge in [0.2, 0.25) is 0 Å². The second-order valence-corrected chi connectivity index (χ2v) is 6.53. The van der Waals surface area contributed by atoms with E-state index in [-0.39, 0.29) is 5.75 Å². The molecular weight excluding hydrogens is 192 g/mol. The Morgan fingerprint density at radius 1 is 1.54 bits per heavy atom. The van der Waals surface area contributed by atoms with Gasteiger partial charge in [-0.2, -0.15) is 0 Å². The Morgan fingerprint density at radius 2 is 2.15 bits per heavy atom. The predicted molar refractivity (Wildman–Crippen MR) is 46.0 cm³/mol. The summed E-state index contributed by atoms with van der Waals surface area (Å²) < 4.78 is 22.8. The molecule has 2 fully saturated rings. The zero-order chi connectivity index (χ0) is 9.85. The maximum Gasteiger partial charge on any atom is 0.307 e. The van der Waals surface area contributed by atoms with Crippen molar-refractivity contribution in [2.75, 3.05) is 5.75 Å². The van der Waals surface area contributed by atoms with Crippen LogP contribution in [0.15, 0.2) is 0 Å². The third-order valence-corrected chi connectivity index (χ3v) is 5.94. The highest BCUT2D eigenvalue weighted by Gasteiger charge is 2.67. The van der Waals surface area contributed by atoms with E-state index in [9.17, 15) is 13.2 Å². The van der Waals surface area contributed by atoms with Gasteiger partial charge >= 0.3 is 5.97 Å². The highest BCUT2D eigenvalue weighted by molar-refractivity contribution is 7.92. The summed E-state index contributed by atoms with van der Waals surface area (Å²) in [6.45, 7) is 1.64. The van der Waals surface area contributed by atoms with Crippen LogP contribution in [0.1, 0.15) is 19.8 Å². The summed E-state index contributed by atoms with van der Waals surface area (Å²) in [7, 11) is -3.00. The van der Waals surface area contributed by atoms with E-state index >= 15 is 0 Å². The number of carboxylic acids is 1. The van der Waals surface area contributed by atoms with Crippen LogP contribution in [0.25, 0.3) is 0 Å². The van der Waals surface area contributed by atoms with Crippen molar-refractivity contribution in [2.24, 2.45) is 11.3 Å². The SMILES string of the molecule is CC1C2(CCS1(=O)=O)CC2C(=O)O. The molecule has 1 saturated heterocycles. The molecule has 2 aliphatic rings. The Bertz CT molecular complexity index is 358. The molecule has 0 bridgehead atoms. The molecule has 1 spiro atoms. The Hall–Kier alpha value is -0.580. The van der Waals surface area contributed by atoms with Crippen LogP contribution >= 0.6 is 0 Å². The molecule has 0 radical (unpaired) electrons. The summed E-state index contributed by atoms with van der Waals surface area (Å²) in [4.78, 5) is 10.7. The van der Waals surface area contributed by atoms with E-state index < -0.39 is 32.4 Å². The van der Waals surface area contributed by atoms with Crippen molar-refractivity contribution in [2.45, 2.75) is 25.0 Å². The molecule has 4 nitrogen and oxygen atoms in total. The minimum absolute atomic E-state index is 0.165. The minimum Gasteiger partial charge on any atom is -0.481 e. The highest BCUT2D eigenvalue weighted by Crippen LogP contribution is 2.62. The molecule has 3 unspecified atom stereocenters. The van der Waals surface area contributed by atoms with Crippen LogP contribution in [-0.4, -0.2) is 30.5 Å². The van der Waals surface area contributed by atoms with Crippen molar-refractivity contribution in [3.63, 3.8) is 0 Å². The maximum atomic E-state index is 11.4. The zero-order valence-electron chi connectivity index (χ0n) is 7.36. The van der Waals surface area contributed by atoms with Gasteiger partial charge in [0, 0.05) is 5.41 Å². The van der Waals surface area contributed by atoms with Crippen LogP contribution in [0, 0.1) is 11.3 Å².